The van der Waals surface area contributed by atoms with Gasteiger partial charge in [0, 0.05) is 30.7 Å². The van der Waals surface area contributed by atoms with E-state index in [9.17, 15) is 0 Å². The van der Waals surface area contributed by atoms with E-state index in [1.165, 1.54) is 45.2 Å². The second-order valence-electron chi connectivity index (χ2n) is 6.42. The molecule has 2 N–H and O–H groups in total. The summed E-state index contributed by atoms with van der Waals surface area (Å²) in [5.74, 6) is 0.922. The molecule has 2 atom stereocenters. The molecule has 0 radical (unpaired) electrons. The lowest BCUT2D eigenvalue weighted by atomic mass is 9.56. The molecule has 3 nitrogen and oxygen atoms in total. The molecule has 2 aliphatic heterocycles. The van der Waals surface area contributed by atoms with Gasteiger partial charge < -0.3 is 10.5 Å². The Morgan fingerprint density at radius 2 is 1.82 bits per heavy atom. The highest BCUT2D eigenvalue weighted by Crippen LogP contribution is 2.50. The SMILES string of the molecule is CC1CCN(C2CC(N)C23CCOCC3)CC1. The van der Waals surface area contributed by atoms with E-state index in [4.69, 9.17) is 10.5 Å². The molecule has 0 aromatic heterocycles. The van der Waals surface area contributed by atoms with Crippen molar-refractivity contribution in [1.82, 2.24) is 4.90 Å². The largest absolute Gasteiger partial charge is 0.381 e. The fourth-order valence-corrected chi connectivity index (χ4v) is 4.10. The summed E-state index contributed by atoms with van der Waals surface area (Å²) in [6, 6.07) is 1.18. The Labute approximate surface area is 105 Å². The molecule has 2 heterocycles. The summed E-state index contributed by atoms with van der Waals surface area (Å²) in [6.07, 6.45) is 6.33. The average Bonchev–Trinajstić information content (AvgIpc) is 2.38. The third kappa shape index (κ3) is 1.92. The molecule has 1 saturated carbocycles. The molecule has 17 heavy (non-hydrogen) atoms. The molecule has 1 aliphatic carbocycles. The predicted octanol–water partition coefficient (Wildman–Crippen LogP) is 1.61. The van der Waals surface area contributed by atoms with Crippen molar-refractivity contribution in [1.29, 1.82) is 0 Å². The van der Waals surface area contributed by atoms with Gasteiger partial charge in [-0.25, -0.2) is 0 Å². The van der Waals surface area contributed by atoms with Gasteiger partial charge in [0.1, 0.15) is 0 Å². The van der Waals surface area contributed by atoms with Gasteiger partial charge in [-0.2, -0.15) is 0 Å². The second kappa shape index (κ2) is 4.52. The maximum Gasteiger partial charge on any atom is 0.0472 e. The van der Waals surface area contributed by atoms with Gasteiger partial charge in [0.15, 0.2) is 0 Å². The standard InChI is InChI=1S/C14H26N2O/c1-11-2-6-16(7-3-11)13-10-12(15)14(13)4-8-17-9-5-14/h11-13H,2-10,15H2,1H3. The minimum absolute atomic E-state index is 0.402. The highest BCUT2D eigenvalue weighted by molar-refractivity contribution is 5.11. The first-order chi connectivity index (χ1) is 8.22. The van der Waals surface area contributed by atoms with Gasteiger partial charge in [0.25, 0.3) is 0 Å². The smallest absolute Gasteiger partial charge is 0.0472 e. The zero-order valence-corrected chi connectivity index (χ0v) is 11.0. The van der Waals surface area contributed by atoms with Crippen molar-refractivity contribution in [2.45, 2.75) is 51.1 Å². The fourth-order valence-electron chi connectivity index (χ4n) is 4.10. The zero-order valence-electron chi connectivity index (χ0n) is 11.0. The van der Waals surface area contributed by atoms with Gasteiger partial charge in [-0.15, -0.1) is 0 Å². The Morgan fingerprint density at radius 1 is 1.18 bits per heavy atom. The Balaban J connectivity index is 1.67. The predicted molar refractivity (Wildman–Crippen MR) is 68.8 cm³/mol. The maximum absolute atomic E-state index is 6.33. The van der Waals surface area contributed by atoms with Gasteiger partial charge in [-0.05, 0) is 51.1 Å². The lowest BCUT2D eigenvalue weighted by molar-refractivity contribution is -0.118. The molecular formula is C14H26N2O. The second-order valence-corrected chi connectivity index (χ2v) is 6.42. The molecular weight excluding hydrogens is 212 g/mol. The van der Waals surface area contributed by atoms with Crippen molar-refractivity contribution in [2.75, 3.05) is 26.3 Å². The van der Waals surface area contributed by atoms with Crippen LogP contribution in [0.5, 0.6) is 0 Å². The van der Waals surface area contributed by atoms with Crippen molar-refractivity contribution in [3.8, 4) is 0 Å². The van der Waals surface area contributed by atoms with Gasteiger partial charge >= 0.3 is 0 Å². The highest BCUT2D eigenvalue weighted by Gasteiger charge is 2.55. The minimum Gasteiger partial charge on any atom is -0.381 e. The van der Waals surface area contributed by atoms with E-state index in [1.807, 2.05) is 0 Å². The molecule has 3 aliphatic rings. The monoisotopic (exact) mass is 238 g/mol. The summed E-state index contributed by atoms with van der Waals surface area (Å²) in [5.41, 5.74) is 6.73. The molecule has 98 valence electrons. The molecule has 2 saturated heterocycles. The number of piperidine rings is 1. The van der Waals surface area contributed by atoms with Crippen LogP contribution in [0.4, 0.5) is 0 Å². The number of hydrogen-bond donors (Lipinski definition) is 1. The van der Waals surface area contributed by atoms with Crippen LogP contribution in [0, 0.1) is 11.3 Å². The van der Waals surface area contributed by atoms with Crippen LogP contribution in [0.15, 0.2) is 0 Å². The van der Waals surface area contributed by atoms with Crippen molar-refractivity contribution < 1.29 is 4.74 Å². The van der Waals surface area contributed by atoms with Crippen molar-refractivity contribution in [3.05, 3.63) is 0 Å². The molecule has 3 rings (SSSR count). The third-order valence-corrected chi connectivity index (χ3v) is 5.56. The summed E-state index contributed by atoms with van der Waals surface area (Å²) >= 11 is 0. The van der Waals surface area contributed by atoms with E-state index in [-0.39, 0.29) is 0 Å². The summed E-state index contributed by atoms with van der Waals surface area (Å²) < 4.78 is 5.53. The van der Waals surface area contributed by atoms with E-state index in [0.717, 1.165) is 25.2 Å². The highest BCUT2D eigenvalue weighted by atomic mass is 16.5. The summed E-state index contributed by atoms with van der Waals surface area (Å²) in [4.78, 5) is 2.73. The molecule has 0 aromatic rings. The number of rotatable bonds is 1. The maximum atomic E-state index is 6.33. The van der Waals surface area contributed by atoms with Crippen molar-refractivity contribution in [2.24, 2.45) is 17.1 Å². The quantitative estimate of drug-likeness (QED) is 0.754. The van der Waals surface area contributed by atoms with Crippen molar-refractivity contribution >= 4 is 0 Å². The Bertz CT molecular complexity index is 267. The van der Waals surface area contributed by atoms with Gasteiger partial charge in [-0.1, -0.05) is 6.92 Å². The molecule has 0 aromatic carbocycles. The van der Waals surface area contributed by atoms with Crippen LogP contribution >= 0.6 is 0 Å². The minimum atomic E-state index is 0.402. The topological polar surface area (TPSA) is 38.5 Å². The van der Waals surface area contributed by atoms with E-state index in [0.29, 0.717) is 11.5 Å². The van der Waals surface area contributed by atoms with E-state index < -0.39 is 0 Å². The van der Waals surface area contributed by atoms with Crippen molar-refractivity contribution in [3.63, 3.8) is 0 Å². The van der Waals surface area contributed by atoms with Crippen LogP contribution in [0.1, 0.15) is 39.0 Å². The van der Waals surface area contributed by atoms with E-state index in [1.54, 1.807) is 0 Å². The van der Waals surface area contributed by atoms with Gasteiger partial charge in [-0.3, -0.25) is 4.90 Å². The number of nitrogens with zero attached hydrogens (tertiary/aromatic N) is 1. The first-order valence-electron chi connectivity index (χ1n) is 7.30. The van der Waals surface area contributed by atoms with Crippen LogP contribution in [0.3, 0.4) is 0 Å². The zero-order chi connectivity index (χ0) is 11.9. The number of hydrogen-bond acceptors (Lipinski definition) is 3. The normalized spacial score (nSPS) is 39.2. The lowest BCUT2D eigenvalue weighted by Crippen LogP contribution is -2.69. The number of nitrogens with two attached hydrogens (primary N) is 1. The molecule has 2 unspecified atom stereocenters. The van der Waals surface area contributed by atoms with Crippen LogP contribution in [-0.4, -0.2) is 43.3 Å². The summed E-state index contributed by atoms with van der Waals surface area (Å²) in [5, 5.41) is 0. The summed E-state index contributed by atoms with van der Waals surface area (Å²) in [7, 11) is 0. The third-order valence-electron chi connectivity index (χ3n) is 5.56. The Kier molecular flexibility index (Phi) is 3.18. The number of likely N-dealkylation sites (tertiary alicyclic amines) is 1. The average molecular weight is 238 g/mol. The summed E-state index contributed by atoms with van der Waals surface area (Å²) in [6.45, 7) is 6.82. The van der Waals surface area contributed by atoms with Gasteiger partial charge in [0.05, 0.1) is 0 Å². The Morgan fingerprint density at radius 3 is 2.41 bits per heavy atom. The number of ether oxygens (including phenoxy) is 1. The molecule has 3 fully saturated rings. The molecule has 3 heteroatoms. The van der Waals surface area contributed by atoms with Crippen LogP contribution in [-0.2, 0) is 4.74 Å². The van der Waals surface area contributed by atoms with Gasteiger partial charge in [0.2, 0.25) is 0 Å². The van der Waals surface area contributed by atoms with E-state index >= 15 is 0 Å². The van der Waals surface area contributed by atoms with Crippen LogP contribution in [0.25, 0.3) is 0 Å². The molecule has 0 bridgehead atoms. The Hall–Kier alpha value is -0.120. The van der Waals surface area contributed by atoms with E-state index in [2.05, 4.69) is 11.8 Å². The first kappa shape index (κ1) is 11.9. The first-order valence-corrected chi connectivity index (χ1v) is 7.30. The fraction of sp³-hybridized carbons (Fsp3) is 1.00. The van der Waals surface area contributed by atoms with Crippen LogP contribution < -0.4 is 5.73 Å². The lowest BCUT2D eigenvalue weighted by Gasteiger charge is -2.61. The molecule has 0 amide bonds. The van der Waals surface area contributed by atoms with Crippen LogP contribution in [0.2, 0.25) is 0 Å². The molecule has 1 spiro atoms.